The molecule has 0 bridgehead atoms. The van der Waals surface area contributed by atoms with Gasteiger partial charge in [0.05, 0.1) is 19.9 Å². The smallest absolute Gasteiger partial charge is 0.142 e. The first-order valence-electron chi connectivity index (χ1n) is 5.23. The molecule has 0 spiro atoms. The summed E-state index contributed by atoms with van der Waals surface area (Å²) in [6.07, 6.45) is 0. The molecule has 0 unspecified atom stereocenters. The zero-order chi connectivity index (χ0) is 11.3. The Hall–Kier alpha value is -1.38. The molecule has 1 rings (SSSR count). The fraction of sp³-hybridized carbons (Fsp3) is 0.500. The average molecular weight is 209 g/mol. The van der Waals surface area contributed by atoms with E-state index in [-0.39, 0.29) is 0 Å². The molecule has 0 saturated carbocycles. The van der Waals surface area contributed by atoms with Crippen LogP contribution >= 0.6 is 0 Å². The van der Waals surface area contributed by atoms with Crippen molar-refractivity contribution in [1.82, 2.24) is 0 Å². The number of ether oxygens (including phenoxy) is 2. The number of hydrogen-bond acceptors (Lipinski definition) is 3. The lowest BCUT2D eigenvalue weighted by Gasteiger charge is -2.23. The maximum absolute atomic E-state index is 5.33. The Morgan fingerprint density at radius 1 is 1.07 bits per heavy atom. The van der Waals surface area contributed by atoms with Gasteiger partial charge in [0.15, 0.2) is 0 Å². The van der Waals surface area contributed by atoms with Crippen LogP contribution < -0.4 is 14.4 Å². The molecule has 0 amide bonds. The largest absolute Gasteiger partial charge is 0.497 e. The summed E-state index contributed by atoms with van der Waals surface area (Å²) in [6.45, 7) is 6.17. The number of hydrogen-bond donors (Lipinski definition) is 0. The Bertz CT molecular complexity index is 308. The van der Waals surface area contributed by atoms with Crippen molar-refractivity contribution in [1.29, 1.82) is 0 Å². The fourth-order valence-corrected chi connectivity index (χ4v) is 1.61. The average Bonchev–Trinajstić information content (AvgIpc) is 2.30. The topological polar surface area (TPSA) is 21.7 Å². The SMILES string of the molecule is CCN(CC)c1cc(OC)ccc1OC. The van der Waals surface area contributed by atoms with Crippen LogP contribution in [0, 0.1) is 0 Å². The van der Waals surface area contributed by atoms with E-state index >= 15 is 0 Å². The van der Waals surface area contributed by atoms with Crippen molar-refractivity contribution in [3.05, 3.63) is 18.2 Å². The van der Waals surface area contributed by atoms with Gasteiger partial charge in [-0.25, -0.2) is 0 Å². The summed E-state index contributed by atoms with van der Waals surface area (Å²) in [5.41, 5.74) is 1.09. The molecule has 1 aromatic carbocycles. The van der Waals surface area contributed by atoms with Crippen LogP contribution in [-0.2, 0) is 0 Å². The predicted molar refractivity (Wildman–Crippen MR) is 63.1 cm³/mol. The lowest BCUT2D eigenvalue weighted by Crippen LogP contribution is -2.22. The molecule has 0 radical (unpaired) electrons. The van der Waals surface area contributed by atoms with Crippen LogP contribution in [0.3, 0.4) is 0 Å². The molecular formula is C12H19NO2. The Labute approximate surface area is 91.6 Å². The van der Waals surface area contributed by atoms with Gasteiger partial charge in [0, 0.05) is 19.2 Å². The molecule has 0 heterocycles. The van der Waals surface area contributed by atoms with Crippen molar-refractivity contribution in [3.63, 3.8) is 0 Å². The third-order valence-electron chi connectivity index (χ3n) is 2.49. The van der Waals surface area contributed by atoms with Gasteiger partial charge in [-0.1, -0.05) is 0 Å². The monoisotopic (exact) mass is 209 g/mol. The highest BCUT2D eigenvalue weighted by atomic mass is 16.5. The second-order valence-corrected chi connectivity index (χ2v) is 3.21. The van der Waals surface area contributed by atoms with Gasteiger partial charge in [-0.2, -0.15) is 0 Å². The lowest BCUT2D eigenvalue weighted by molar-refractivity contribution is 0.403. The molecule has 0 aliphatic rings. The molecule has 0 aliphatic carbocycles. The molecule has 15 heavy (non-hydrogen) atoms. The highest BCUT2D eigenvalue weighted by Gasteiger charge is 2.09. The van der Waals surface area contributed by atoms with Crippen LogP contribution in [0.5, 0.6) is 11.5 Å². The van der Waals surface area contributed by atoms with E-state index < -0.39 is 0 Å². The Morgan fingerprint density at radius 2 is 1.73 bits per heavy atom. The number of benzene rings is 1. The quantitative estimate of drug-likeness (QED) is 0.744. The van der Waals surface area contributed by atoms with Crippen LogP contribution in [0.4, 0.5) is 5.69 Å². The van der Waals surface area contributed by atoms with Gasteiger partial charge in [-0.3, -0.25) is 0 Å². The maximum Gasteiger partial charge on any atom is 0.142 e. The molecule has 1 aromatic rings. The molecule has 0 N–H and O–H groups in total. The van der Waals surface area contributed by atoms with Gasteiger partial charge in [0.1, 0.15) is 11.5 Å². The minimum absolute atomic E-state index is 0.859. The Balaban J connectivity index is 3.09. The van der Waals surface area contributed by atoms with Gasteiger partial charge in [-0.15, -0.1) is 0 Å². The minimum Gasteiger partial charge on any atom is -0.497 e. The van der Waals surface area contributed by atoms with E-state index in [2.05, 4.69) is 18.7 Å². The third-order valence-corrected chi connectivity index (χ3v) is 2.49. The second-order valence-electron chi connectivity index (χ2n) is 3.21. The molecule has 0 saturated heterocycles. The van der Waals surface area contributed by atoms with Crippen molar-refractivity contribution >= 4 is 5.69 Å². The molecule has 0 fully saturated rings. The zero-order valence-electron chi connectivity index (χ0n) is 9.91. The van der Waals surface area contributed by atoms with Gasteiger partial charge in [0.25, 0.3) is 0 Å². The summed E-state index contributed by atoms with van der Waals surface area (Å²) in [7, 11) is 3.36. The van der Waals surface area contributed by atoms with E-state index in [1.54, 1.807) is 14.2 Å². The summed E-state index contributed by atoms with van der Waals surface area (Å²) in [6, 6.07) is 5.85. The molecule has 3 nitrogen and oxygen atoms in total. The number of nitrogens with zero attached hydrogens (tertiary/aromatic N) is 1. The first-order valence-corrected chi connectivity index (χ1v) is 5.23. The van der Waals surface area contributed by atoms with E-state index in [1.165, 1.54) is 0 Å². The Morgan fingerprint density at radius 3 is 2.20 bits per heavy atom. The predicted octanol–water partition coefficient (Wildman–Crippen LogP) is 2.55. The summed E-state index contributed by atoms with van der Waals surface area (Å²) >= 11 is 0. The van der Waals surface area contributed by atoms with Crippen LogP contribution in [-0.4, -0.2) is 27.3 Å². The van der Waals surface area contributed by atoms with E-state index in [9.17, 15) is 0 Å². The van der Waals surface area contributed by atoms with E-state index in [0.29, 0.717) is 0 Å². The third kappa shape index (κ3) is 2.55. The van der Waals surface area contributed by atoms with Crippen molar-refractivity contribution in [2.24, 2.45) is 0 Å². The maximum atomic E-state index is 5.33. The van der Waals surface area contributed by atoms with Crippen molar-refractivity contribution in [3.8, 4) is 11.5 Å². The second kappa shape index (κ2) is 5.49. The molecular weight excluding hydrogens is 190 g/mol. The van der Waals surface area contributed by atoms with Crippen molar-refractivity contribution < 1.29 is 9.47 Å². The van der Waals surface area contributed by atoms with Crippen LogP contribution in [0.15, 0.2) is 18.2 Å². The normalized spacial score (nSPS) is 9.87. The number of rotatable bonds is 5. The van der Waals surface area contributed by atoms with Crippen LogP contribution in [0.1, 0.15) is 13.8 Å². The van der Waals surface area contributed by atoms with E-state index in [4.69, 9.17) is 9.47 Å². The fourth-order valence-electron chi connectivity index (χ4n) is 1.61. The number of methoxy groups -OCH3 is 2. The van der Waals surface area contributed by atoms with E-state index in [0.717, 1.165) is 30.3 Å². The highest BCUT2D eigenvalue weighted by Crippen LogP contribution is 2.31. The van der Waals surface area contributed by atoms with Crippen molar-refractivity contribution in [2.75, 3.05) is 32.2 Å². The standard InChI is InChI=1S/C12H19NO2/c1-5-13(6-2)11-9-10(14-3)7-8-12(11)15-4/h7-9H,5-6H2,1-4H3. The summed E-state index contributed by atoms with van der Waals surface area (Å²) < 4.78 is 10.5. The van der Waals surface area contributed by atoms with Crippen LogP contribution in [0.25, 0.3) is 0 Å². The molecule has 0 aliphatic heterocycles. The number of anilines is 1. The molecule has 84 valence electrons. The first kappa shape index (κ1) is 11.7. The molecule has 3 heteroatoms. The van der Waals surface area contributed by atoms with Gasteiger partial charge in [-0.05, 0) is 26.0 Å². The summed E-state index contributed by atoms with van der Waals surface area (Å²) in [5.74, 6) is 1.75. The minimum atomic E-state index is 0.859. The molecule has 0 aromatic heterocycles. The summed E-state index contributed by atoms with van der Waals surface area (Å²) in [5, 5.41) is 0. The molecule has 0 atom stereocenters. The Kier molecular flexibility index (Phi) is 4.28. The van der Waals surface area contributed by atoms with E-state index in [1.807, 2.05) is 18.2 Å². The highest BCUT2D eigenvalue weighted by molar-refractivity contribution is 5.61. The van der Waals surface area contributed by atoms with Crippen LogP contribution in [0.2, 0.25) is 0 Å². The first-order chi connectivity index (χ1) is 7.26. The summed E-state index contributed by atoms with van der Waals surface area (Å²) in [4.78, 5) is 2.24. The van der Waals surface area contributed by atoms with Gasteiger partial charge >= 0.3 is 0 Å². The van der Waals surface area contributed by atoms with Gasteiger partial charge in [0.2, 0.25) is 0 Å². The van der Waals surface area contributed by atoms with Crippen molar-refractivity contribution in [2.45, 2.75) is 13.8 Å². The zero-order valence-corrected chi connectivity index (χ0v) is 9.91. The lowest BCUT2D eigenvalue weighted by atomic mass is 10.2. The van der Waals surface area contributed by atoms with Gasteiger partial charge < -0.3 is 14.4 Å².